The molecule has 1 aromatic heterocycles. The van der Waals surface area contributed by atoms with Gasteiger partial charge in [-0.15, -0.1) is 16.8 Å². The molecule has 0 saturated heterocycles. The van der Waals surface area contributed by atoms with E-state index in [1.165, 1.54) is 24.6 Å². The third-order valence-corrected chi connectivity index (χ3v) is 5.92. The lowest BCUT2D eigenvalue weighted by Crippen LogP contribution is -2.33. The summed E-state index contributed by atoms with van der Waals surface area (Å²) in [5, 5.41) is 13.1. The first-order valence-corrected chi connectivity index (χ1v) is 10.8. The lowest BCUT2D eigenvalue weighted by atomic mass is 10.2. The molecule has 0 spiro atoms. The van der Waals surface area contributed by atoms with Gasteiger partial charge >= 0.3 is 0 Å². The van der Waals surface area contributed by atoms with Crippen LogP contribution in [0.25, 0.3) is 0 Å². The Morgan fingerprint density at radius 3 is 2.89 bits per heavy atom. The first-order valence-electron chi connectivity index (χ1n) is 9.10. The number of rotatable bonds is 9. The zero-order chi connectivity index (χ0) is 19.9. The molecule has 0 bridgehead atoms. The van der Waals surface area contributed by atoms with Gasteiger partial charge in [-0.25, -0.2) is 0 Å². The Labute approximate surface area is 178 Å². The van der Waals surface area contributed by atoms with E-state index in [4.69, 9.17) is 27.9 Å². The summed E-state index contributed by atoms with van der Waals surface area (Å²) in [6.07, 6.45) is 6.26. The molecule has 150 valence electrons. The number of nitrogens with zero attached hydrogens (tertiary/aromatic N) is 3. The number of ether oxygens (including phenoxy) is 1. The third kappa shape index (κ3) is 5.65. The lowest BCUT2D eigenvalue weighted by Gasteiger charge is -2.12. The fraction of sp³-hybridized carbons (Fsp3) is 0.421. The van der Waals surface area contributed by atoms with E-state index in [1.54, 1.807) is 24.3 Å². The summed E-state index contributed by atoms with van der Waals surface area (Å²) in [7, 11) is 0. The Morgan fingerprint density at radius 1 is 1.36 bits per heavy atom. The molecule has 1 amide bonds. The highest BCUT2D eigenvalue weighted by atomic mass is 35.5. The monoisotopic (exact) mass is 440 g/mol. The summed E-state index contributed by atoms with van der Waals surface area (Å²) in [5.74, 6) is 1.42. The van der Waals surface area contributed by atoms with Crippen LogP contribution in [0.5, 0.6) is 5.75 Å². The molecular weight excluding hydrogens is 419 g/mol. The first kappa shape index (κ1) is 21.0. The highest BCUT2D eigenvalue weighted by molar-refractivity contribution is 7.99. The van der Waals surface area contributed by atoms with E-state index < -0.39 is 0 Å². The summed E-state index contributed by atoms with van der Waals surface area (Å²) in [4.78, 5) is 12.2. The molecule has 1 N–H and O–H groups in total. The standard InChI is InChI=1S/C19H22Cl2N4O2S/c1-2-9-25-17(11-27-16-10-13(20)7-8-15(16)21)23-24-19(25)28-12-18(26)22-14-5-3-4-6-14/h2,7-8,10,14H,1,3-6,9,11-12H2,(H,22,26). The summed E-state index contributed by atoms with van der Waals surface area (Å²) < 4.78 is 7.63. The van der Waals surface area contributed by atoms with Gasteiger partial charge in [-0.3, -0.25) is 9.36 Å². The molecule has 0 radical (unpaired) electrons. The van der Waals surface area contributed by atoms with Crippen LogP contribution < -0.4 is 10.1 Å². The normalized spacial score (nSPS) is 14.2. The first-order chi connectivity index (χ1) is 13.6. The number of hydrogen-bond donors (Lipinski definition) is 1. The smallest absolute Gasteiger partial charge is 0.230 e. The van der Waals surface area contributed by atoms with Crippen LogP contribution in [-0.4, -0.2) is 32.5 Å². The predicted octanol–water partition coefficient (Wildman–Crippen LogP) is 4.50. The van der Waals surface area contributed by atoms with Crippen molar-refractivity contribution in [1.82, 2.24) is 20.1 Å². The molecule has 9 heteroatoms. The van der Waals surface area contributed by atoms with Crippen LogP contribution in [0, 0.1) is 0 Å². The molecule has 0 aliphatic heterocycles. The number of thioether (sulfide) groups is 1. The number of aromatic nitrogens is 3. The minimum absolute atomic E-state index is 0.0218. The van der Waals surface area contributed by atoms with Gasteiger partial charge in [-0.05, 0) is 25.0 Å². The van der Waals surface area contributed by atoms with Crippen LogP contribution in [0.15, 0.2) is 36.0 Å². The van der Waals surface area contributed by atoms with Crippen molar-refractivity contribution in [2.24, 2.45) is 0 Å². The van der Waals surface area contributed by atoms with Crippen LogP contribution in [0.4, 0.5) is 0 Å². The minimum atomic E-state index is 0.0218. The van der Waals surface area contributed by atoms with Crippen molar-refractivity contribution in [1.29, 1.82) is 0 Å². The highest BCUT2D eigenvalue weighted by Crippen LogP contribution is 2.28. The van der Waals surface area contributed by atoms with Crippen LogP contribution >= 0.6 is 35.0 Å². The SMILES string of the molecule is C=CCn1c(COc2cc(Cl)ccc2Cl)nnc1SCC(=O)NC1CCCC1. The molecule has 2 aromatic rings. The molecule has 0 atom stereocenters. The Balaban J connectivity index is 1.61. The molecular formula is C19H22Cl2N4O2S. The number of benzene rings is 1. The van der Waals surface area contributed by atoms with E-state index in [-0.39, 0.29) is 12.5 Å². The summed E-state index contributed by atoms with van der Waals surface area (Å²) >= 11 is 13.5. The number of hydrogen-bond acceptors (Lipinski definition) is 5. The number of allylic oxidation sites excluding steroid dienone is 1. The van der Waals surface area contributed by atoms with Gasteiger partial charge in [0.25, 0.3) is 0 Å². The summed E-state index contributed by atoms with van der Waals surface area (Å²) in [6, 6.07) is 5.34. The second-order valence-corrected chi connectivity index (χ2v) is 8.29. The second-order valence-electron chi connectivity index (χ2n) is 6.50. The van der Waals surface area contributed by atoms with Gasteiger partial charge in [0.1, 0.15) is 12.4 Å². The van der Waals surface area contributed by atoms with Gasteiger partial charge in [0.15, 0.2) is 11.0 Å². The molecule has 28 heavy (non-hydrogen) atoms. The molecule has 0 unspecified atom stereocenters. The second kappa shape index (κ2) is 10.2. The van der Waals surface area contributed by atoms with Gasteiger partial charge in [-0.2, -0.15) is 0 Å². The van der Waals surface area contributed by atoms with Crippen LogP contribution in [-0.2, 0) is 17.9 Å². The van der Waals surface area contributed by atoms with E-state index in [9.17, 15) is 4.79 Å². The minimum Gasteiger partial charge on any atom is -0.484 e. The average Bonchev–Trinajstić information content (AvgIpc) is 3.31. The van der Waals surface area contributed by atoms with E-state index in [0.29, 0.717) is 45.1 Å². The van der Waals surface area contributed by atoms with Crippen molar-refractivity contribution >= 4 is 40.9 Å². The number of carbonyl (C=O) groups is 1. The van der Waals surface area contributed by atoms with Crippen molar-refractivity contribution in [3.05, 3.63) is 46.7 Å². The quantitative estimate of drug-likeness (QED) is 0.459. The van der Waals surface area contributed by atoms with Gasteiger partial charge in [0.2, 0.25) is 5.91 Å². The average molecular weight is 441 g/mol. The zero-order valence-electron chi connectivity index (χ0n) is 15.4. The third-order valence-electron chi connectivity index (χ3n) is 4.41. The molecule has 1 heterocycles. The van der Waals surface area contributed by atoms with Crippen molar-refractivity contribution in [2.45, 2.75) is 50.0 Å². The summed E-state index contributed by atoms with van der Waals surface area (Å²) in [5.41, 5.74) is 0. The van der Waals surface area contributed by atoms with Gasteiger partial charge in [0.05, 0.1) is 10.8 Å². The lowest BCUT2D eigenvalue weighted by molar-refractivity contribution is -0.119. The fourth-order valence-electron chi connectivity index (χ4n) is 3.04. The number of halogens is 2. The number of carbonyl (C=O) groups excluding carboxylic acids is 1. The fourth-order valence-corrected chi connectivity index (χ4v) is 4.16. The Hall–Kier alpha value is -1.70. The van der Waals surface area contributed by atoms with E-state index in [1.807, 2.05) is 4.57 Å². The molecule has 6 nitrogen and oxygen atoms in total. The molecule has 1 aliphatic rings. The van der Waals surface area contributed by atoms with Crippen LogP contribution in [0.1, 0.15) is 31.5 Å². The largest absolute Gasteiger partial charge is 0.484 e. The summed E-state index contributed by atoms with van der Waals surface area (Å²) in [6.45, 7) is 4.47. The van der Waals surface area contributed by atoms with Crippen molar-refractivity contribution in [3.63, 3.8) is 0 Å². The van der Waals surface area contributed by atoms with Gasteiger partial charge < -0.3 is 10.1 Å². The molecule has 3 rings (SSSR count). The Morgan fingerprint density at radius 2 is 2.14 bits per heavy atom. The highest BCUT2D eigenvalue weighted by Gasteiger charge is 2.19. The van der Waals surface area contributed by atoms with Crippen molar-refractivity contribution in [2.75, 3.05) is 5.75 Å². The maximum absolute atomic E-state index is 12.2. The van der Waals surface area contributed by atoms with Crippen molar-refractivity contribution in [3.8, 4) is 5.75 Å². The zero-order valence-corrected chi connectivity index (χ0v) is 17.7. The van der Waals surface area contributed by atoms with Gasteiger partial charge in [0, 0.05) is 23.7 Å². The molecule has 1 saturated carbocycles. The maximum atomic E-state index is 12.2. The molecule has 1 fully saturated rings. The number of amides is 1. The van der Waals surface area contributed by atoms with Crippen molar-refractivity contribution < 1.29 is 9.53 Å². The topological polar surface area (TPSA) is 69.0 Å². The van der Waals surface area contributed by atoms with E-state index >= 15 is 0 Å². The van der Waals surface area contributed by atoms with Gasteiger partial charge in [-0.1, -0.05) is 53.9 Å². The predicted molar refractivity (Wildman–Crippen MR) is 112 cm³/mol. The maximum Gasteiger partial charge on any atom is 0.230 e. The Kier molecular flexibility index (Phi) is 7.65. The Bertz CT molecular complexity index is 837. The molecule has 1 aliphatic carbocycles. The van der Waals surface area contributed by atoms with E-state index in [2.05, 4.69) is 22.1 Å². The molecule has 1 aromatic carbocycles. The van der Waals surface area contributed by atoms with Crippen LogP contribution in [0.2, 0.25) is 10.0 Å². The number of nitrogens with one attached hydrogen (secondary N) is 1. The van der Waals surface area contributed by atoms with E-state index in [0.717, 1.165) is 12.8 Å². The van der Waals surface area contributed by atoms with Crippen LogP contribution in [0.3, 0.4) is 0 Å².